The predicted molar refractivity (Wildman–Crippen MR) is 117 cm³/mol. The molecule has 2 aromatic carbocycles. The van der Waals surface area contributed by atoms with E-state index in [2.05, 4.69) is 34.6 Å². The maximum Gasteiger partial charge on any atom is 0.119 e. The molecular formula is C24H28N2OS. The SMILES string of the molecule is c1ccc(COc2ccc(-c3cnc(CNCC4CCCCC4)s3)cc2)cc1. The van der Waals surface area contributed by atoms with Gasteiger partial charge in [0, 0.05) is 12.7 Å². The van der Waals surface area contributed by atoms with Crippen LogP contribution in [0.5, 0.6) is 5.75 Å². The smallest absolute Gasteiger partial charge is 0.119 e. The molecule has 0 aliphatic heterocycles. The molecule has 1 aliphatic carbocycles. The van der Waals surface area contributed by atoms with Crippen LogP contribution in [0, 0.1) is 5.92 Å². The third-order valence-corrected chi connectivity index (χ3v) is 6.42. The van der Waals surface area contributed by atoms with Crippen LogP contribution >= 0.6 is 11.3 Å². The van der Waals surface area contributed by atoms with E-state index < -0.39 is 0 Å². The third kappa shape index (κ3) is 5.43. The molecule has 28 heavy (non-hydrogen) atoms. The molecule has 0 amide bonds. The Bertz CT molecular complexity index is 839. The Balaban J connectivity index is 1.27. The van der Waals surface area contributed by atoms with Crippen LogP contribution in [0.15, 0.2) is 60.8 Å². The van der Waals surface area contributed by atoms with Gasteiger partial charge in [-0.05, 0) is 60.7 Å². The van der Waals surface area contributed by atoms with E-state index in [9.17, 15) is 0 Å². The predicted octanol–water partition coefficient (Wildman–Crippen LogP) is 6.06. The zero-order chi connectivity index (χ0) is 19.0. The summed E-state index contributed by atoms with van der Waals surface area (Å²) in [6.45, 7) is 2.60. The Morgan fingerprint density at radius 2 is 1.75 bits per heavy atom. The van der Waals surface area contributed by atoms with E-state index in [1.54, 1.807) is 11.3 Å². The molecular weight excluding hydrogens is 364 g/mol. The van der Waals surface area contributed by atoms with E-state index in [-0.39, 0.29) is 0 Å². The second kappa shape index (κ2) is 9.85. The monoisotopic (exact) mass is 392 g/mol. The van der Waals surface area contributed by atoms with Crippen LogP contribution in [-0.4, -0.2) is 11.5 Å². The number of thiazole rings is 1. The lowest BCUT2D eigenvalue weighted by atomic mass is 9.89. The maximum absolute atomic E-state index is 5.88. The van der Waals surface area contributed by atoms with Crippen molar-refractivity contribution >= 4 is 11.3 Å². The molecule has 1 N–H and O–H groups in total. The topological polar surface area (TPSA) is 34.1 Å². The van der Waals surface area contributed by atoms with Crippen molar-refractivity contribution in [2.45, 2.75) is 45.3 Å². The number of nitrogens with zero attached hydrogens (tertiary/aromatic N) is 1. The van der Waals surface area contributed by atoms with Gasteiger partial charge in [0.2, 0.25) is 0 Å². The molecule has 1 aliphatic rings. The summed E-state index contributed by atoms with van der Waals surface area (Å²) in [4.78, 5) is 5.81. The number of hydrogen-bond donors (Lipinski definition) is 1. The molecule has 1 saturated carbocycles. The molecule has 146 valence electrons. The number of hydrogen-bond acceptors (Lipinski definition) is 4. The first-order valence-electron chi connectivity index (χ1n) is 10.3. The zero-order valence-corrected chi connectivity index (χ0v) is 17.1. The molecule has 1 heterocycles. The lowest BCUT2D eigenvalue weighted by molar-refractivity contribution is 0.306. The van der Waals surface area contributed by atoms with Crippen LogP contribution in [0.3, 0.4) is 0 Å². The highest BCUT2D eigenvalue weighted by Gasteiger charge is 2.13. The van der Waals surface area contributed by atoms with Crippen LogP contribution in [0.1, 0.15) is 42.7 Å². The van der Waals surface area contributed by atoms with Gasteiger partial charge in [-0.2, -0.15) is 0 Å². The summed E-state index contributed by atoms with van der Waals surface area (Å²) in [5, 5.41) is 4.77. The average Bonchev–Trinajstić information content (AvgIpc) is 3.23. The highest BCUT2D eigenvalue weighted by atomic mass is 32.1. The van der Waals surface area contributed by atoms with E-state index in [1.807, 2.05) is 36.5 Å². The zero-order valence-electron chi connectivity index (χ0n) is 16.3. The van der Waals surface area contributed by atoms with Crippen molar-refractivity contribution in [2.24, 2.45) is 5.92 Å². The second-order valence-electron chi connectivity index (χ2n) is 7.55. The van der Waals surface area contributed by atoms with Gasteiger partial charge in [-0.1, -0.05) is 49.6 Å². The van der Waals surface area contributed by atoms with Gasteiger partial charge in [0.25, 0.3) is 0 Å². The van der Waals surface area contributed by atoms with Crippen LogP contribution in [-0.2, 0) is 13.2 Å². The van der Waals surface area contributed by atoms with Crippen molar-refractivity contribution < 1.29 is 4.74 Å². The van der Waals surface area contributed by atoms with E-state index in [4.69, 9.17) is 4.74 Å². The van der Waals surface area contributed by atoms with Gasteiger partial charge in [0.05, 0.1) is 4.88 Å². The second-order valence-corrected chi connectivity index (χ2v) is 8.67. The molecule has 3 aromatic rings. The molecule has 0 unspecified atom stereocenters. The van der Waals surface area contributed by atoms with Gasteiger partial charge in [0.15, 0.2) is 0 Å². The summed E-state index contributed by atoms with van der Waals surface area (Å²) in [5.41, 5.74) is 2.38. The first-order valence-corrected chi connectivity index (χ1v) is 11.1. The van der Waals surface area contributed by atoms with Crippen LogP contribution in [0.25, 0.3) is 10.4 Å². The van der Waals surface area contributed by atoms with Crippen LogP contribution < -0.4 is 10.1 Å². The molecule has 0 spiro atoms. The molecule has 0 atom stereocenters. The standard InChI is InChI=1S/C24H28N2OS/c1-3-7-19(8-4-1)15-25-17-24-26-16-23(28-24)21-11-13-22(14-12-21)27-18-20-9-5-2-6-10-20/h2,5-6,9-14,16,19,25H,1,3-4,7-8,15,17-18H2. The Morgan fingerprint density at radius 1 is 0.964 bits per heavy atom. The number of benzene rings is 2. The summed E-state index contributed by atoms with van der Waals surface area (Å²) < 4.78 is 5.88. The molecule has 0 saturated heterocycles. The van der Waals surface area contributed by atoms with Crippen molar-refractivity contribution in [3.63, 3.8) is 0 Å². The molecule has 4 heteroatoms. The van der Waals surface area contributed by atoms with E-state index >= 15 is 0 Å². The summed E-state index contributed by atoms with van der Waals surface area (Å²) in [5.74, 6) is 1.75. The Morgan fingerprint density at radius 3 is 2.54 bits per heavy atom. The minimum Gasteiger partial charge on any atom is -0.489 e. The molecule has 1 aromatic heterocycles. The number of rotatable bonds is 8. The maximum atomic E-state index is 5.88. The number of ether oxygens (including phenoxy) is 1. The fourth-order valence-corrected chi connectivity index (χ4v) is 4.65. The first kappa shape index (κ1) is 19.2. The largest absolute Gasteiger partial charge is 0.489 e. The fraction of sp³-hybridized carbons (Fsp3) is 0.375. The van der Waals surface area contributed by atoms with E-state index in [0.717, 1.165) is 29.8 Å². The summed E-state index contributed by atoms with van der Waals surface area (Å²) >= 11 is 1.77. The number of nitrogens with one attached hydrogen (secondary N) is 1. The lowest BCUT2D eigenvalue weighted by Crippen LogP contribution is -2.24. The van der Waals surface area contributed by atoms with E-state index in [0.29, 0.717) is 6.61 Å². The van der Waals surface area contributed by atoms with Gasteiger partial charge in [-0.15, -0.1) is 11.3 Å². The molecule has 0 bridgehead atoms. The highest BCUT2D eigenvalue weighted by molar-refractivity contribution is 7.15. The minimum absolute atomic E-state index is 0.595. The van der Waals surface area contributed by atoms with Gasteiger partial charge >= 0.3 is 0 Å². The molecule has 0 radical (unpaired) electrons. The Hall–Kier alpha value is -2.17. The Labute approximate surface area is 171 Å². The third-order valence-electron chi connectivity index (χ3n) is 5.37. The van der Waals surface area contributed by atoms with Gasteiger partial charge < -0.3 is 10.1 Å². The minimum atomic E-state index is 0.595. The van der Waals surface area contributed by atoms with Crippen molar-refractivity contribution in [3.05, 3.63) is 71.4 Å². The number of aromatic nitrogens is 1. The molecule has 4 rings (SSSR count). The summed E-state index contributed by atoms with van der Waals surface area (Å²) in [6, 6.07) is 18.6. The highest BCUT2D eigenvalue weighted by Crippen LogP contribution is 2.28. The van der Waals surface area contributed by atoms with Crippen molar-refractivity contribution in [1.29, 1.82) is 0 Å². The van der Waals surface area contributed by atoms with Crippen molar-refractivity contribution in [3.8, 4) is 16.2 Å². The quantitative estimate of drug-likeness (QED) is 0.506. The van der Waals surface area contributed by atoms with Gasteiger partial charge in [0.1, 0.15) is 17.4 Å². The molecule has 3 nitrogen and oxygen atoms in total. The van der Waals surface area contributed by atoms with Crippen LogP contribution in [0.4, 0.5) is 0 Å². The van der Waals surface area contributed by atoms with Crippen molar-refractivity contribution in [2.75, 3.05) is 6.54 Å². The summed E-state index contributed by atoms with van der Waals surface area (Å²) in [7, 11) is 0. The van der Waals surface area contributed by atoms with Crippen molar-refractivity contribution in [1.82, 2.24) is 10.3 Å². The van der Waals surface area contributed by atoms with Gasteiger partial charge in [-0.25, -0.2) is 4.98 Å². The summed E-state index contributed by atoms with van der Waals surface area (Å²) in [6.07, 6.45) is 8.98. The van der Waals surface area contributed by atoms with E-state index in [1.165, 1.54) is 48.1 Å². The Kier molecular flexibility index (Phi) is 6.74. The normalized spacial score (nSPS) is 14.9. The average molecular weight is 393 g/mol. The van der Waals surface area contributed by atoms with Crippen LogP contribution in [0.2, 0.25) is 0 Å². The first-order chi connectivity index (χ1) is 13.9. The fourth-order valence-electron chi connectivity index (χ4n) is 3.76. The molecule has 1 fully saturated rings. The lowest BCUT2D eigenvalue weighted by Gasteiger charge is -2.21. The van der Waals surface area contributed by atoms with Gasteiger partial charge in [-0.3, -0.25) is 0 Å².